The number of aliphatic hydroxyl groups excluding tert-OH is 1. The van der Waals surface area contributed by atoms with E-state index in [1.807, 2.05) is 43.3 Å². The minimum absolute atomic E-state index is 0.318. The fraction of sp³-hybridized carbons (Fsp3) is 0.421. The molecule has 5 nitrogen and oxygen atoms in total. The predicted octanol–water partition coefficient (Wildman–Crippen LogP) is 2.76. The Morgan fingerprint density at radius 1 is 1.24 bits per heavy atom. The third-order valence-electron chi connectivity index (χ3n) is 3.69. The van der Waals surface area contributed by atoms with Gasteiger partial charge in [0.1, 0.15) is 5.76 Å². The number of benzene rings is 1. The highest BCUT2D eigenvalue weighted by molar-refractivity contribution is 7.98. The predicted molar refractivity (Wildman–Crippen MR) is 105 cm³/mol. The third kappa shape index (κ3) is 7.23. The maximum atomic E-state index is 10.4. The molecular weight excluding hydrogens is 334 g/mol. The van der Waals surface area contributed by atoms with Crippen molar-refractivity contribution in [1.29, 1.82) is 0 Å². The van der Waals surface area contributed by atoms with Crippen LogP contribution < -0.4 is 10.6 Å². The molecule has 0 saturated heterocycles. The van der Waals surface area contributed by atoms with Crippen LogP contribution in [0.25, 0.3) is 0 Å². The SMILES string of the molecule is CSCCNC(=NCC(O)c1cccc(C)c1)NCCc1ccco1. The molecule has 25 heavy (non-hydrogen) atoms. The van der Waals surface area contributed by atoms with E-state index in [1.165, 1.54) is 0 Å². The summed E-state index contributed by atoms with van der Waals surface area (Å²) in [6, 6.07) is 11.7. The molecule has 0 radical (unpaired) electrons. The van der Waals surface area contributed by atoms with Gasteiger partial charge in [0.2, 0.25) is 0 Å². The van der Waals surface area contributed by atoms with E-state index in [2.05, 4.69) is 21.9 Å². The minimum Gasteiger partial charge on any atom is -0.469 e. The molecule has 1 heterocycles. The van der Waals surface area contributed by atoms with Gasteiger partial charge in [0, 0.05) is 25.3 Å². The molecule has 1 atom stereocenters. The Bertz CT molecular complexity index is 644. The summed E-state index contributed by atoms with van der Waals surface area (Å²) in [7, 11) is 0. The molecule has 0 fully saturated rings. The average Bonchev–Trinajstić information content (AvgIpc) is 3.12. The molecule has 0 spiro atoms. The lowest BCUT2D eigenvalue weighted by Gasteiger charge is -2.14. The molecule has 6 heteroatoms. The van der Waals surface area contributed by atoms with Crippen molar-refractivity contribution in [3.05, 3.63) is 59.5 Å². The molecule has 0 aliphatic heterocycles. The van der Waals surface area contributed by atoms with Gasteiger partial charge < -0.3 is 20.2 Å². The molecule has 1 unspecified atom stereocenters. The molecule has 1 aromatic heterocycles. The van der Waals surface area contributed by atoms with Gasteiger partial charge in [0.05, 0.1) is 18.9 Å². The van der Waals surface area contributed by atoms with Crippen LogP contribution in [-0.4, -0.2) is 42.7 Å². The number of aliphatic hydroxyl groups is 1. The number of aliphatic imine (C=N–C) groups is 1. The zero-order valence-electron chi connectivity index (χ0n) is 14.9. The summed E-state index contributed by atoms with van der Waals surface area (Å²) in [6.07, 6.45) is 3.93. The first-order valence-corrected chi connectivity index (χ1v) is 9.86. The first-order chi connectivity index (χ1) is 12.2. The van der Waals surface area contributed by atoms with Gasteiger partial charge >= 0.3 is 0 Å². The fourth-order valence-electron chi connectivity index (χ4n) is 2.37. The lowest BCUT2D eigenvalue weighted by atomic mass is 10.1. The van der Waals surface area contributed by atoms with Gasteiger partial charge in [-0.15, -0.1) is 0 Å². The summed E-state index contributed by atoms with van der Waals surface area (Å²) >= 11 is 1.78. The van der Waals surface area contributed by atoms with Crippen molar-refractivity contribution >= 4 is 17.7 Å². The Kier molecular flexibility index (Phi) is 8.42. The highest BCUT2D eigenvalue weighted by Gasteiger charge is 2.08. The fourth-order valence-corrected chi connectivity index (χ4v) is 2.67. The molecule has 2 aromatic rings. The highest BCUT2D eigenvalue weighted by atomic mass is 32.2. The van der Waals surface area contributed by atoms with E-state index in [-0.39, 0.29) is 0 Å². The van der Waals surface area contributed by atoms with Crippen molar-refractivity contribution in [2.45, 2.75) is 19.4 Å². The van der Waals surface area contributed by atoms with Crippen molar-refractivity contribution in [3.8, 4) is 0 Å². The molecule has 0 amide bonds. The monoisotopic (exact) mass is 361 g/mol. The van der Waals surface area contributed by atoms with E-state index in [4.69, 9.17) is 4.42 Å². The van der Waals surface area contributed by atoms with E-state index in [0.29, 0.717) is 12.5 Å². The van der Waals surface area contributed by atoms with Crippen LogP contribution in [0, 0.1) is 6.92 Å². The van der Waals surface area contributed by atoms with E-state index < -0.39 is 6.10 Å². The van der Waals surface area contributed by atoms with E-state index in [0.717, 1.165) is 42.2 Å². The number of guanidine groups is 1. The van der Waals surface area contributed by atoms with Crippen molar-refractivity contribution in [2.24, 2.45) is 4.99 Å². The van der Waals surface area contributed by atoms with Crippen LogP contribution in [-0.2, 0) is 6.42 Å². The number of rotatable bonds is 9. The summed E-state index contributed by atoms with van der Waals surface area (Å²) in [5.74, 6) is 2.65. The average molecular weight is 362 g/mol. The lowest BCUT2D eigenvalue weighted by molar-refractivity contribution is 0.187. The summed E-state index contributed by atoms with van der Waals surface area (Å²) in [6.45, 7) is 3.89. The summed E-state index contributed by atoms with van der Waals surface area (Å²) in [5.41, 5.74) is 2.03. The summed E-state index contributed by atoms with van der Waals surface area (Å²) < 4.78 is 5.34. The first kappa shape index (κ1) is 19.4. The molecular formula is C19H27N3O2S. The lowest BCUT2D eigenvalue weighted by Crippen LogP contribution is -2.39. The number of nitrogens with zero attached hydrogens (tertiary/aromatic N) is 1. The number of thioether (sulfide) groups is 1. The zero-order chi connectivity index (χ0) is 17.9. The van der Waals surface area contributed by atoms with Crippen LogP contribution in [0.2, 0.25) is 0 Å². The van der Waals surface area contributed by atoms with Crippen LogP contribution in [0.4, 0.5) is 0 Å². The van der Waals surface area contributed by atoms with E-state index >= 15 is 0 Å². The largest absolute Gasteiger partial charge is 0.469 e. The maximum absolute atomic E-state index is 10.4. The second-order valence-corrected chi connectivity index (χ2v) is 6.78. The molecule has 3 N–H and O–H groups in total. The Morgan fingerprint density at radius 3 is 2.80 bits per heavy atom. The Balaban J connectivity index is 1.89. The van der Waals surface area contributed by atoms with Crippen LogP contribution in [0.3, 0.4) is 0 Å². The van der Waals surface area contributed by atoms with Gasteiger partial charge in [-0.25, -0.2) is 0 Å². The van der Waals surface area contributed by atoms with E-state index in [9.17, 15) is 5.11 Å². The standard InChI is InChI=1S/C19H27N3O2S/c1-15-5-3-6-16(13-15)18(23)14-22-19(21-10-12-25-2)20-9-8-17-7-4-11-24-17/h3-7,11,13,18,23H,8-10,12,14H2,1-2H3,(H2,20,21,22). The van der Waals surface area contributed by atoms with Crippen molar-refractivity contribution < 1.29 is 9.52 Å². The molecule has 2 rings (SSSR count). The van der Waals surface area contributed by atoms with Gasteiger partial charge in [-0.2, -0.15) is 11.8 Å². The smallest absolute Gasteiger partial charge is 0.191 e. The Morgan fingerprint density at radius 2 is 2.08 bits per heavy atom. The van der Waals surface area contributed by atoms with Gasteiger partial charge in [-0.05, 0) is 30.9 Å². The highest BCUT2D eigenvalue weighted by Crippen LogP contribution is 2.14. The third-order valence-corrected chi connectivity index (χ3v) is 4.30. The maximum Gasteiger partial charge on any atom is 0.191 e. The first-order valence-electron chi connectivity index (χ1n) is 8.47. The number of hydrogen-bond donors (Lipinski definition) is 3. The summed E-state index contributed by atoms with van der Waals surface area (Å²) in [5, 5.41) is 16.9. The zero-order valence-corrected chi connectivity index (χ0v) is 15.7. The molecule has 1 aromatic carbocycles. The molecule has 136 valence electrons. The molecule has 0 saturated carbocycles. The number of aryl methyl sites for hydroxylation is 1. The van der Waals surface area contributed by atoms with Crippen LogP contribution in [0.1, 0.15) is 23.0 Å². The minimum atomic E-state index is -0.607. The second kappa shape index (κ2) is 10.8. The van der Waals surface area contributed by atoms with Gasteiger partial charge in [-0.3, -0.25) is 4.99 Å². The Labute approximate surface area is 153 Å². The number of hydrogen-bond acceptors (Lipinski definition) is 4. The van der Waals surface area contributed by atoms with E-state index in [1.54, 1.807) is 18.0 Å². The van der Waals surface area contributed by atoms with Gasteiger partial charge in [0.15, 0.2) is 5.96 Å². The quantitative estimate of drug-likeness (QED) is 0.364. The molecule has 0 bridgehead atoms. The summed E-state index contributed by atoms with van der Waals surface area (Å²) in [4.78, 5) is 4.52. The van der Waals surface area contributed by atoms with Gasteiger partial charge in [0.25, 0.3) is 0 Å². The van der Waals surface area contributed by atoms with Crippen LogP contribution >= 0.6 is 11.8 Å². The normalized spacial score (nSPS) is 12.8. The van der Waals surface area contributed by atoms with Crippen molar-refractivity contribution in [2.75, 3.05) is 31.6 Å². The number of nitrogens with one attached hydrogen (secondary N) is 2. The molecule has 0 aliphatic rings. The van der Waals surface area contributed by atoms with Crippen molar-refractivity contribution in [1.82, 2.24) is 10.6 Å². The topological polar surface area (TPSA) is 69.8 Å². The van der Waals surface area contributed by atoms with Crippen LogP contribution in [0.5, 0.6) is 0 Å². The number of furan rings is 1. The van der Waals surface area contributed by atoms with Crippen molar-refractivity contribution in [3.63, 3.8) is 0 Å². The second-order valence-electron chi connectivity index (χ2n) is 5.79. The Hall–Kier alpha value is -1.92. The van der Waals surface area contributed by atoms with Crippen LogP contribution in [0.15, 0.2) is 52.1 Å². The van der Waals surface area contributed by atoms with Gasteiger partial charge in [-0.1, -0.05) is 29.8 Å². The molecule has 0 aliphatic carbocycles.